The Morgan fingerprint density at radius 3 is 2.40 bits per heavy atom. The highest BCUT2D eigenvalue weighted by atomic mass is 32.2. The summed E-state index contributed by atoms with van der Waals surface area (Å²) in [6.45, 7) is 6.19. The Bertz CT molecular complexity index is 640. The predicted octanol–water partition coefficient (Wildman–Crippen LogP) is 4.85. The van der Waals surface area contributed by atoms with Crippen molar-refractivity contribution < 1.29 is 9.18 Å². The van der Waals surface area contributed by atoms with E-state index < -0.39 is 11.7 Å². The molecular weight excluding hydrogens is 337 g/mol. The van der Waals surface area contributed by atoms with Gasteiger partial charge in [0.05, 0.1) is 5.56 Å². The molecule has 0 spiro atoms. The van der Waals surface area contributed by atoms with Crippen LogP contribution in [0.2, 0.25) is 0 Å². The standard InChI is InChI=1S/C19H28FN3OS/c1-11(2)13-5-7-14(8-6-13)22-18-10-17(20)16(19(24)23-25-4)9-15(18)12(3)21/h9-11,13-14,21-22H,5-8H2,1-4H3,(H,23,24). The molecule has 1 aromatic carbocycles. The predicted molar refractivity (Wildman–Crippen MR) is 104 cm³/mol. The second-order valence-corrected chi connectivity index (χ2v) is 7.75. The Hall–Kier alpha value is -1.56. The molecule has 3 N–H and O–H groups in total. The molecule has 1 aliphatic rings. The molecule has 0 aromatic heterocycles. The van der Waals surface area contributed by atoms with Gasteiger partial charge in [0.2, 0.25) is 0 Å². The summed E-state index contributed by atoms with van der Waals surface area (Å²) in [6.07, 6.45) is 6.16. The van der Waals surface area contributed by atoms with Gasteiger partial charge in [-0.15, -0.1) is 0 Å². The summed E-state index contributed by atoms with van der Waals surface area (Å²) in [5.41, 5.74) is 1.49. The van der Waals surface area contributed by atoms with Gasteiger partial charge < -0.3 is 10.7 Å². The zero-order valence-electron chi connectivity index (χ0n) is 15.4. The number of amides is 1. The fraction of sp³-hybridized carbons (Fsp3) is 0.579. The van der Waals surface area contributed by atoms with Gasteiger partial charge in [-0.25, -0.2) is 4.39 Å². The van der Waals surface area contributed by atoms with E-state index in [1.807, 2.05) is 0 Å². The summed E-state index contributed by atoms with van der Waals surface area (Å²) >= 11 is 1.13. The quantitative estimate of drug-likeness (QED) is 0.499. The summed E-state index contributed by atoms with van der Waals surface area (Å²) in [5.74, 6) is 0.426. The fourth-order valence-corrected chi connectivity index (χ4v) is 3.77. The highest BCUT2D eigenvalue weighted by Crippen LogP contribution is 2.32. The van der Waals surface area contributed by atoms with E-state index in [1.165, 1.54) is 25.0 Å². The minimum atomic E-state index is -0.560. The highest BCUT2D eigenvalue weighted by molar-refractivity contribution is 7.97. The molecule has 1 amide bonds. The van der Waals surface area contributed by atoms with Crippen molar-refractivity contribution in [2.45, 2.75) is 52.5 Å². The lowest BCUT2D eigenvalue weighted by Crippen LogP contribution is -2.28. The zero-order valence-corrected chi connectivity index (χ0v) is 16.2. The monoisotopic (exact) mass is 365 g/mol. The summed E-state index contributed by atoms with van der Waals surface area (Å²) < 4.78 is 16.9. The molecule has 0 atom stereocenters. The normalized spacial score (nSPS) is 20.4. The summed E-state index contributed by atoms with van der Waals surface area (Å²) in [5, 5.41) is 11.4. The van der Waals surface area contributed by atoms with E-state index in [9.17, 15) is 9.18 Å². The van der Waals surface area contributed by atoms with E-state index in [1.54, 1.807) is 13.2 Å². The Labute approximate surface area is 154 Å². The number of halogens is 1. The maximum atomic E-state index is 14.4. The molecule has 0 radical (unpaired) electrons. The van der Waals surface area contributed by atoms with Crippen LogP contribution in [0.3, 0.4) is 0 Å². The van der Waals surface area contributed by atoms with Crippen LogP contribution < -0.4 is 10.0 Å². The minimum absolute atomic E-state index is 0.0231. The van der Waals surface area contributed by atoms with Crippen LogP contribution in [0.5, 0.6) is 0 Å². The van der Waals surface area contributed by atoms with E-state index in [-0.39, 0.29) is 5.56 Å². The number of anilines is 1. The third-order valence-electron chi connectivity index (χ3n) is 5.02. The number of nitrogens with one attached hydrogen (secondary N) is 3. The number of carbonyl (C=O) groups excluding carboxylic acids is 1. The van der Waals surface area contributed by atoms with Gasteiger partial charge in [-0.3, -0.25) is 9.52 Å². The fourth-order valence-electron chi connectivity index (χ4n) is 3.47. The van der Waals surface area contributed by atoms with Gasteiger partial charge in [-0.05, 0) is 56.6 Å². The van der Waals surface area contributed by atoms with Crippen molar-refractivity contribution in [2.75, 3.05) is 11.6 Å². The van der Waals surface area contributed by atoms with Gasteiger partial charge in [0.1, 0.15) is 5.82 Å². The largest absolute Gasteiger partial charge is 0.382 e. The zero-order chi connectivity index (χ0) is 18.6. The van der Waals surface area contributed by atoms with Crippen LogP contribution in [0, 0.1) is 23.1 Å². The van der Waals surface area contributed by atoms with Crippen LogP contribution >= 0.6 is 11.9 Å². The van der Waals surface area contributed by atoms with Crippen molar-refractivity contribution in [2.24, 2.45) is 11.8 Å². The number of benzene rings is 1. The van der Waals surface area contributed by atoms with Gasteiger partial charge >= 0.3 is 0 Å². The first-order valence-corrected chi connectivity index (χ1v) is 10.0. The molecular formula is C19H28FN3OS. The molecule has 2 rings (SSSR count). The smallest absolute Gasteiger partial charge is 0.264 e. The van der Waals surface area contributed by atoms with E-state index in [0.717, 1.165) is 30.7 Å². The number of hydrogen-bond donors (Lipinski definition) is 3. The molecule has 25 heavy (non-hydrogen) atoms. The van der Waals surface area contributed by atoms with Crippen LogP contribution in [0.25, 0.3) is 0 Å². The molecule has 1 fully saturated rings. The number of carbonyl (C=O) groups is 1. The van der Waals surface area contributed by atoms with E-state index in [0.29, 0.717) is 28.9 Å². The van der Waals surface area contributed by atoms with Crippen LogP contribution in [0.4, 0.5) is 10.1 Å². The lowest BCUT2D eigenvalue weighted by molar-refractivity contribution is 0.0980. The van der Waals surface area contributed by atoms with Crippen molar-refractivity contribution in [1.82, 2.24) is 4.72 Å². The van der Waals surface area contributed by atoms with E-state index in [2.05, 4.69) is 23.9 Å². The molecule has 0 aliphatic heterocycles. The second kappa shape index (κ2) is 8.70. The lowest BCUT2D eigenvalue weighted by atomic mass is 9.79. The summed E-state index contributed by atoms with van der Waals surface area (Å²) in [7, 11) is 0. The lowest BCUT2D eigenvalue weighted by Gasteiger charge is -2.32. The average Bonchev–Trinajstić information content (AvgIpc) is 2.55. The maximum Gasteiger partial charge on any atom is 0.264 e. The van der Waals surface area contributed by atoms with E-state index >= 15 is 0 Å². The van der Waals surface area contributed by atoms with Crippen LogP contribution in [-0.2, 0) is 0 Å². The van der Waals surface area contributed by atoms with Crippen molar-refractivity contribution in [3.8, 4) is 0 Å². The molecule has 6 heteroatoms. The molecule has 138 valence electrons. The van der Waals surface area contributed by atoms with E-state index in [4.69, 9.17) is 5.41 Å². The van der Waals surface area contributed by atoms with Crippen LogP contribution in [-0.4, -0.2) is 23.9 Å². The molecule has 4 nitrogen and oxygen atoms in total. The molecule has 1 aromatic rings. The summed E-state index contributed by atoms with van der Waals surface area (Å²) in [6, 6.07) is 3.13. The first-order valence-electron chi connectivity index (χ1n) is 8.82. The third kappa shape index (κ3) is 4.97. The van der Waals surface area contributed by atoms with Gasteiger partial charge in [0, 0.05) is 29.3 Å². The topological polar surface area (TPSA) is 65.0 Å². The van der Waals surface area contributed by atoms with Crippen LogP contribution in [0.1, 0.15) is 62.4 Å². The minimum Gasteiger partial charge on any atom is -0.382 e. The second-order valence-electron chi connectivity index (χ2n) is 7.14. The highest BCUT2D eigenvalue weighted by Gasteiger charge is 2.24. The number of hydrogen-bond acceptors (Lipinski definition) is 4. The van der Waals surface area contributed by atoms with Crippen LogP contribution in [0.15, 0.2) is 12.1 Å². The first kappa shape index (κ1) is 19.8. The Balaban J connectivity index is 2.19. The van der Waals surface area contributed by atoms with Crippen molar-refractivity contribution in [3.63, 3.8) is 0 Å². The Morgan fingerprint density at radius 2 is 1.88 bits per heavy atom. The Kier molecular flexibility index (Phi) is 6.87. The van der Waals surface area contributed by atoms with Gasteiger partial charge in [0.15, 0.2) is 0 Å². The van der Waals surface area contributed by atoms with Crippen molar-refractivity contribution >= 4 is 29.3 Å². The van der Waals surface area contributed by atoms with Gasteiger partial charge in [-0.1, -0.05) is 25.8 Å². The SMILES string of the molecule is CSNC(=O)c1cc(C(C)=N)c(NC2CCC(C(C)C)CC2)cc1F. The molecule has 1 saturated carbocycles. The Morgan fingerprint density at radius 1 is 1.24 bits per heavy atom. The molecule has 0 bridgehead atoms. The number of rotatable bonds is 6. The first-order chi connectivity index (χ1) is 11.8. The molecule has 0 heterocycles. The average molecular weight is 366 g/mol. The van der Waals surface area contributed by atoms with Gasteiger partial charge in [0.25, 0.3) is 5.91 Å². The third-order valence-corrected chi connectivity index (χ3v) is 5.41. The van der Waals surface area contributed by atoms with Crippen molar-refractivity contribution in [3.05, 3.63) is 29.1 Å². The maximum absolute atomic E-state index is 14.4. The molecule has 0 saturated heterocycles. The molecule has 1 aliphatic carbocycles. The summed E-state index contributed by atoms with van der Waals surface area (Å²) in [4.78, 5) is 12.0. The van der Waals surface area contributed by atoms with Gasteiger partial charge in [-0.2, -0.15) is 0 Å². The molecule has 0 unspecified atom stereocenters. The van der Waals surface area contributed by atoms with Crippen molar-refractivity contribution in [1.29, 1.82) is 5.41 Å².